The fourth-order valence-corrected chi connectivity index (χ4v) is 2.19. The molecule has 0 amide bonds. The van der Waals surface area contributed by atoms with Gasteiger partial charge >= 0.3 is 0 Å². The van der Waals surface area contributed by atoms with Gasteiger partial charge in [-0.05, 0) is 38.0 Å². The quantitative estimate of drug-likeness (QED) is 0.808. The highest BCUT2D eigenvalue weighted by Crippen LogP contribution is 2.24. The van der Waals surface area contributed by atoms with Gasteiger partial charge in [0.15, 0.2) is 0 Å². The predicted molar refractivity (Wildman–Crippen MR) is 100.0 cm³/mol. The molecule has 1 aromatic rings. The number of nitrogens with one attached hydrogen (secondary N) is 2. The Morgan fingerprint density at radius 1 is 1.09 bits per heavy atom. The second-order valence-corrected chi connectivity index (χ2v) is 8.75. The number of carbonyl (C=O) groups excluding carboxylic acids is 1. The van der Waals surface area contributed by atoms with E-state index in [9.17, 15) is 4.79 Å². The maximum absolute atomic E-state index is 12.3. The standard InChI is InChI=1S/C20H34N2O/c1-14(2)21-13-16-11-15(12-18(23)19(3,4)5)9-10-17(16)22-20(6,7)8/h9-11,14,21-22H,12-13H2,1-8H3. The van der Waals surface area contributed by atoms with Gasteiger partial charge in [-0.25, -0.2) is 0 Å². The highest BCUT2D eigenvalue weighted by molar-refractivity contribution is 5.85. The summed E-state index contributed by atoms with van der Waals surface area (Å²) in [6, 6.07) is 6.76. The van der Waals surface area contributed by atoms with Crippen LogP contribution in [0.2, 0.25) is 0 Å². The third-order valence-corrected chi connectivity index (χ3v) is 3.58. The van der Waals surface area contributed by atoms with Crippen molar-refractivity contribution < 1.29 is 4.79 Å². The van der Waals surface area contributed by atoms with E-state index in [1.165, 1.54) is 5.56 Å². The number of Topliss-reactive ketones (excluding diaryl/α,β-unsaturated/α-hetero) is 1. The van der Waals surface area contributed by atoms with E-state index in [-0.39, 0.29) is 16.7 Å². The van der Waals surface area contributed by atoms with E-state index >= 15 is 0 Å². The van der Waals surface area contributed by atoms with Crippen molar-refractivity contribution in [2.75, 3.05) is 5.32 Å². The molecule has 2 N–H and O–H groups in total. The van der Waals surface area contributed by atoms with Crippen LogP contribution in [0.25, 0.3) is 0 Å². The smallest absolute Gasteiger partial charge is 0.142 e. The van der Waals surface area contributed by atoms with Crippen molar-refractivity contribution in [1.29, 1.82) is 0 Å². The van der Waals surface area contributed by atoms with Crippen LogP contribution in [0, 0.1) is 5.41 Å². The fourth-order valence-electron chi connectivity index (χ4n) is 2.19. The molecule has 0 bridgehead atoms. The van der Waals surface area contributed by atoms with Crippen molar-refractivity contribution in [3.63, 3.8) is 0 Å². The number of carbonyl (C=O) groups is 1. The lowest BCUT2D eigenvalue weighted by molar-refractivity contribution is -0.125. The van der Waals surface area contributed by atoms with Gasteiger partial charge in [0.05, 0.1) is 0 Å². The van der Waals surface area contributed by atoms with Crippen molar-refractivity contribution in [3.8, 4) is 0 Å². The van der Waals surface area contributed by atoms with Crippen LogP contribution in [0.15, 0.2) is 18.2 Å². The van der Waals surface area contributed by atoms with Gasteiger partial charge in [-0.3, -0.25) is 4.79 Å². The zero-order chi connectivity index (χ0) is 17.8. The molecule has 0 unspecified atom stereocenters. The molecule has 3 heteroatoms. The maximum atomic E-state index is 12.3. The SMILES string of the molecule is CC(C)NCc1cc(CC(=O)C(C)(C)C)ccc1NC(C)(C)C. The summed E-state index contributed by atoms with van der Waals surface area (Å²) in [7, 11) is 0. The molecule has 0 radical (unpaired) electrons. The van der Waals surface area contributed by atoms with E-state index in [4.69, 9.17) is 0 Å². The number of rotatable bonds is 6. The first kappa shape index (κ1) is 19.7. The van der Waals surface area contributed by atoms with Crippen LogP contribution < -0.4 is 10.6 Å². The Kier molecular flexibility index (Phi) is 6.41. The molecule has 0 heterocycles. The molecule has 0 fully saturated rings. The minimum atomic E-state index is -0.293. The summed E-state index contributed by atoms with van der Waals surface area (Å²) in [6.45, 7) is 17.5. The molecule has 0 saturated heterocycles. The summed E-state index contributed by atoms with van der Waals surface area (Å²) in [5.41, 5.74) is 3.16. The van der Waals surface area contributed by atoms with Crippen LogP contribution in [0.1, 0.15) is 66.5 Å². The van der Waals surface area contributed by atoms with E-state index in [2.05, 4.69) is 63.5 Å². The van der Waals surface area contributed by atoms with E-state index < -0.39 is 0 Å². The first-order valence-corrected chi connectivity index (χ1v) is 8.55. The second-order valence-electron chi connectivity index (χ2n) is 8.75. The van der Waals surface area contributed by atoms with Crippen molar-refractivity contribution >= 4 is 11.5 Å². The molecule has 1 rings (SSSR count). The van der Waals surface area contributed by atoms with Crippen LogP contribution in [-0.2, 0) is 17.8 Å². The number of hydrogen-bond acceptors (Lipinski definition) is 3. The van der Waals surface area contributed by atoms with Crippen molar-refractivity contribution in [3.05, 3.63) is 29.3 Å². The molecule has 0 aromatic heterocycles. The van der Waals surface area contributed by atoms with Gasteiger partial charge in [-0.15, -0.1) is 0 Å². The largest absolute Gasteiger partial charge is 0.380 e. The monoisotopic (exact) mass is 318 g/mol. The Labute approximate surface area is 142 Å². The average molecular weight is 319 g/mol. The predicted octanol–water partition coefficient (Wildman–Crippen LogP) is 4.55. The zero-order valence-electron chi connectivity index (χ0n) is 16.1. The normalized spacial score (nSPS) is 12.6. The lowest BCUT2D eigenvalue weighted by atomic mass is 9.87. The number of anilines is 1. The molecule has 1 aromatic carbocycles. The summed E-state index contributed by atoms with van der Waals surface area (Å²) >= 11 is 0. The molecule has 0 spiro atoms. The van der Waals surface area contributed by atoms with Gasteiger partial charge in [0.25, 0.3) is 0 Å². The van der Waals surface area contributed by atoms with Crippen molar-refractivity contribution in [2.24, 2.45) is 5.41 Å². The van der Waals surface area contributed by atoms with E-state index in [1.807, 2.05) is 20.8 Å². The molecule has 3 nitrogen and oxygen atoms in total. The Balaban J connectivity index is 3.03. The Bertz CT molecular complexity index is 534. The molecule has 23 heavy (non-hydrogen) atoms. The Hall–Kier alpha value is -1.35. The van der Waals surface area contributed by atoms with E-state index in [0.29, 0.717) is 12.5 Å². The third-order valence-electron chi connectivity index (χ3n) is 3.58. The summed E-state index contributed by atoms with van der Waals surface area (Å²) in [5.74, 6) is 0.275. The number of ketones is 1. The summed E-state index contributed by atoms with van der Waals surface area (Å²) in [6.07, 6.45) is 0.494. The molecular formula is C20H34N2O. The van der Waals surface area contributed by atoms with Crippen LogP contribution >= 0.6 is 0 Å². The maximum Gasteiger partial charge on any atom is 0.142 e. The summed E-state index contributed by atoms with van der Waals surface area (Å²) in [5, 5.41) is 7.03. The topological polar surface area (TPSA) is 41.1 Å². The number of hydrogen-bond donors (Lipinski definition) is 2. The molecule has 0 aliphatic carbocycles. The summed E-state index contributed by atoms with van der Waals surface area (Å²) < 4.78 is 0. The third kappa shape index (κ3) is 7.17. The lowest BCUT2D eigenvalue weighted by Gasteiger charge is -2.25. The molecule has 0 saturated carbocycles. The van der Waals surface area contributed by atoms with Crippen LogP contribution in [0.3, 0.4) is 0 Å². The molecule has 0 aliphatic rings. The highest BCUT2D eigenvalue weighted by atomic mass is 16.1. The molecule has 130 valence electrons. The van der Waals surface area contributed by atoms with Gasteiger partial charge in [0.2, 0.25) is 0 Å². The highest BCUT2D eigenvalue weighted by Gasteiger charge is 2.21. The molecule has 0 aliphatic heterocycles. The van der Waals surface area contributed by atoms with Crippen LogP contribution in [0.5, 0.6) is 0 Å². The van der Waals surface area contributed by atoms with Gasteiger partial charge in [-0.2, -0.15) is 0 Å². The van der Waals surface area contributed by atoms with Crippen LogP contribution in [-0.4, -0.2) is 17.4 Å². The van der Waals surface area contributed by atoms with Crippen molar-refractivity contribution in [1.82, 2.24) is 5.32 Å². The molecular weight excluding hydrogens is 284 g/mol. The summed E-state index contributed by atoms with van der Waals surface area (Å²) in [4.78, 5) is 12.3. The van der Waals surface area contributed by atoms with E-state index in [0.717, 1.165) is 17.8 Å². The first-order valence-electron chi connectivity index (χ1n) is 8.55. The molecule has 0 atom stereocenters. The first-order chi connectivity index (χ1) is 10.4. The minimum Gasteiger partial charge on any atom is -0.380 e. The zero-order valence-corrected chi connectivity index (χ0v) is 16.1. The van der Waals surface area contributed by atoms with Gasteiger partial charge in [-0.1, -0.05) is 46.8 Å². The van der Waals surface area contributed by atoms with Crippen LogP contribution in [0.4, 0.5) is 5.69 Å². The second kappa shape index (κ2) is 7.48. The fraction of sp³-hybridized carbons (Fsp3) is 0.650. The van der Waals surface area contributed by atoms with Gasteiger partial charge in [0.1, 0.15) is 5.78 Å². The van der Waals surface area contributed by atoms with Crippen molar-refractivity contribution in [2.45, 2.75) is 79.9 Å². The van der Waals surface area contributed by atoms with E-state index in [1.54, 1.807) is 0 Å². The number of benzene rings is 1. The average Bonchev–Trinajstić information content (AvgIpc) is 2.35. The van der Waals surface area contributed by atoms with Gasteiger partial charge in [0, 0.05) is 35.6 Å². The minimum absolute atomic E-state index is 0.00925. The lowest BCUT2D eigenvalue weighted by Crippen LogP contribution is -2.28. The Morgan fingerprint density at radius 2 is 1.70 bits per heavy atom. The van der Waals surface area contributed by atoms with Gasteiger partial charge < -0.3 is 10.6 Å². The Morgan fingerprint density at radius 3 is 2.17 bits per heavy atom.